The predicted molar refractivity (Wildman–Crippen MR) is 111 cm³/mol. The molecule has 1 fully saturated rings. The predicted octanol–water partition coefficient (Wildman–Crippen LogP) is 2.22. The number of ether oxygens (including phenoxy) is 1. The van der Waals surface area contributed by atoms with Crippen LogP contribution in [0.3, 0.4) is 0 Å². The fraction of sp³-hybridized carbons (Fsp3) is 0.333. The van der Waals surface area contributed by atoms with Gasteiger partial charge in [0.25, 0.3) is 0 Å². The van der Waals surface area contributed by atoms with Crippen molar-refractivity contribution < 1.29 is 24.9 Å². The standard InChI is InChI=1S/C24H20N2O5/c27-15-6-5-11-9-16-24(30)10-13-17(22(28)29)12-3-1-2-4-14(12)26-19(13)21-23(24,7-8-25-16)18(11)20(15)31-21/h1-6,16,21,25,27,30H,7-10H2,(H,28,29)/t16?,21?,23-,24?/m0/s1. The maximum Gasteiger partial charge on any atom is 0.336 e. The summed E-state index contributed by atoms with van der Waals surface area (Å²) in [5.41, 5.74) is 1.76. The van der Waals surface area contributed by atoms with E-state index in [0.29, 0.717) is 47.3 Å². The number of aromatic nitrogens is 1. The summed E-state index contributed by atoms with van der Waals surface area (Å²) in [5.74, 6) is -0.592. The third kappa shape index (κ3) is 1.80. The number of pyridine rings is 1. The summed E-state index contributed by atoms with van der Waals surface area (Å²) in [7, 11) is 0. The Labute approximate surface area is 177 Å². The van der Waals surface area contributed by atoms with Crippen LogP contribution in [0.1, 0.15) is 45.3 Å². The fourth-order valence-corrected chi connectivity index (χ4v) is 6.79. The number of fused-ring (bicyclic) bond motifs is 3. The van der Waals surface area contributed by atoms with Gasteiger partial charge in [0.1, 0.15) is 0 Å². The van der Waals surface area contributed by atoms with Gasteiger partial charge < -0.3 is 25.4 Å². The number of phenols is 1. The lowest BCUT2D eigenvalue weighted by Crippen LogP contribution is -2.74. The van der Waals surface area contributed by atoms with E-state index < -0.39 is 23.1 Å². The number of aliphatic hydroxyl groups is 1. The van der Waals surface area contributed by atoms with E-state index in [4.69, 9.17) is 9.72 Å². The van der Waals surface area contributed by atoms with Gasteiger partial charge in [-0.05, 0) is 42.6 Å². The average molecular weight is 416 g/mol. The number of nitrogens with zero attached hydrogens (tertiary/aromatic N) is 1. The zero-order valence-corrected chi connectivity index (χ0v) is 16.6. The molecule has 2 bridgehead atoms. The van der Waals surface area contributed by atoms with Crippen LogP contribution in [-0.4, -0.2) is 44.5 Å². The number of carboxylic acid groups (broad SMARTS) is 1. The first kappa shape index (κ1) is 17.5. The highest BCUT2D eigenvalue weighted by Gasteiger charge is 2.71. The number of benzene rings is 2. The van der Waals surface area contributed by atoms with E-state index in [0.717, 1.165) is 11.1 Å². The number of hydrogen-bond acceptors (Lipinski definition) is 6. The van der Waals surface area contributed by atoms with Crippen molar-refractivity contribution in [2.75, 3.05) is 6.54 Å². The minimum absolute atomic E-state index is 0.0441. The smallest absolute Gasteiger partial charge is 0.336 e. The highest BCUT2D eigenvalue weighted by molar-refractivity contribution is 6.04. The Bertz CT molecular complexity index is 1340. The number of aromatic carboxylic acids is 1. The molecule has 0 saturated carbocycles. The number of carbonyl (C=O) groups is 1. The average Bonchev–Trinajstić information content (AvgIpc) is 3.08. The van der Waals surface area contributed by atoms with E-state index in [1.165, 1.54) is 0 Å². The number of hydrogen-bond donors (Lipinski definition) is 4. The highest BCUT2D eigenvalue weighted by Crippen LogP contribution is 2.67. The van der Waals surface area contributed by atoms with Gasteiger partial charge >= 0.3 is 5.97 Å². The molecule has 3 unspecified atom stereocenters. The van der Waals surface area contributed by atoms with Crippen LogP contribution >= 0.6 is 0 Å². The van der Waals surface area contributed by atoms with Crippen LogP contribution in [-0.2, 0) is 18.3 Å². The van der Waals surface area contributed by atoms with Crippen LogP contribution in [0.15, 0.2) is 36.4 Å². The molecule has 0 radical (unpaired) electrons. The molecule has 4 aliphatic rings. The number of nitrogens with one attached hydrogen (secondary N) is 1. The molecule has 2 aliphatic heterocycles. The van der Waals surface area contributed by atoms with Gasteiger partial charge in [0.2, 0.25) is 0 Å². The quantitative estimate of drug-likeness (QED) is 0.481. The van der Waals surface area contributed by atoms with Crippen LogP contribution in [0.5, 0.6) is 11.5 Å². The molecule has 2 aliphatic carbocycles. The van der Waals surface area contributed by atoms with Gasteiger partial charge in [0, 0.05) is 23.4 Å². The Balaban J connectivity index is 1.62. The van der Waals surface area contributed by atoms with Gasteiger partial charge in [0.05, 0.1) is 27.8 Å². The Morgan fingerprint density at radius 1 is 1.23 bits per heavy atom. The highest BCUT2D eigenvalue weighted by atomic mass is 16.5. The number of rotatable bonds is 1. The first-order valence-electron chi connectivity index (χ1n) is 10.6. The topological polar surface area (TPSA) is 112 Å². The zero-order valence-electron chi connectivity index (χ0n) is 16.6. The summed E-state index contributed by atoms with van der Waals surface area (Å²) in [6, 6.07) is 10.5. The van der Waals surface area contributed by atoms with Crippen molar-refractivity contribution in [2.24, 2.45) is 0 Å². The first-order chi connectivity index (χ1) is 15.0. The molecule has 4 N–H and O–H groups in total. The molecule has 7 rings (SSSR count). The lowest BCUT2D eigenvalue weighted by molar-refractivity contribution is -0.134. The Hall–Kier alpha value is -3.16. The van der Waals surface area contributed by atoms with Gasteiger partial charge in [-0.2, -0.15) is 0 Å². The van der Waals surface area contributed by atoms with Gasteiger partial charge in [0.15, 0.2) is 17.6 Å². The van der Waals surface area contributed by atoms with Crippen LogP contribution in [0, 0.1) is 0 Å². The van der Waals surface area contributed by atoms with Crippen molar-refractivity contribution >= 4 is 16.9 Å². The van der Waals surface area contributed by atoms with Crippen LogP contribution in [0.2, 0.25) is 0 Å². The van der Waals surface area contributed by atoms with E-state index in [2.05, 4.69) is 5.32 Å². The molecule has 3 aromatic rings. The van der Waals surface area contributed by atoms with Crippen molar-refractivity contribution in [1.82, 2.24) is 10.3 Å². The van der Waals surface area contributed by atoms with Crippen molar-refractivity contribution in [2.45, 2.75) is 42.4 Å². The van der Waals surface area contributed by atoms with Gasteiger partial charge in [-0.3, -0.25) is 0 Å². The maximum atomic E-state index is 12.4. The van der Waals surface area contributed by atoms with Crippen LogP contribution in [0.25, 0.3) is 10.9 Å². The van der Waals surface area contributed by atoms with Crippen LogP contribution < -0.4 is 10.1 Å². The van der Waals surface area contributed by atoms with Gasteiger partial charge in [-0.1, -0.05) is 24.3 Å². The Morgan fingerprint density at radius 2 is 2.06 bits per heavy atom. The second kappa shape index (κ2) is 5.36. The third-order valence-corrected chi connectivity index (χ3v) is 7.97. The summed E-state index contributed by atoms with van der Waals surface area (Å²) in [5, 5.41) is 37.1. The molecular formula is C24H20N2O5. The molecule has 1 aromatic heterocycles. The molecule has 0 amide bonds. The molecule has 31 heavy (non-hydrogen) atoms. The van der Waals surface area contributed by atoms with Crippen molar-refractivity contribution in [3.8, 4) is 11.5 Å². The molecule has 7 heteroatoms. The third-order valence-electron chi connectivity index (χ3n) is 7.97. The molecule has 2 aromatic carbocycles. The molecular weight excluding hydrogens is 396 g/mol. The normalized spacial score (nSPS) is 31.6. The molecule has 156 valence electrons. The summed E-state index contributed by atoms with van der Waals surface area (Å²) in [4.78, 5) is 17.3. The number of para-hydroxylation sites is 1. The fourth-order valence-electron chi connectivity index (χ4n) is 6.79. The summed E-state index contributed by atoms with van der Waals surface area (Å²) >= 11 is 0. The molecule has 4 atom stereocenters. The van der Waals surface area contributed by atoms with Gasteiger partial charge in [-0.15, -0.1) is 0 Å². The minimum Gasteiger partial charge on any atom is -0.504 e. The van der Waals surface area contributed by atoms with Crippen LogP contribution in [0.4, 0.5) is 0 Å². The molecule has 1 spiro atoms. The number of piperidine rings is 1. The SMILES string of the molecule is O=C(O)c1c2c(nc3ccccc13)C1Oc3c(O)ccc4c3[C@@]13CCNC(C4)C3(O)C2. The Kier molecular flexibility index (Phi) is 3.03. The second-order valence-corrected chi connectivity index (χ2v) is 9.15. The van der Waals surface area contributed by atoms with Crippen molar-refractivity contribution in [1.29, 1.82) is 0 Å². The summed E-state index contributed by atoms with van der Waals surface area (Å²) in [6.07, 6.45) is 0.726. The van der Waals surface area contributed by atoms with Crippen molar-refractivity contribution in [3.05, 3.63) is 64.3 Å². The van der Waals surface area contributed by atoms with E-state index >= 15 is 0 Å². The Morgan fingerprint density at radius 3 is 2.90 bits per heavy atom. The summed E-state index contributed by atoms with van der Waals surface area (Å²) < 4.78 is 6.39. The number of phenolic OH excluding ortho intramolecular Hbond substituents is 1. The lowest BCUT2D eigenvalue weighted by atomic mass is 9.49. The maximum absolute atomic E-state index is 12.4. The van der Waals surface area contributed by atoms with Gasteiger partial charge in [-0.25, -0.2) is 9.78 Å². The van der Waals surface area contributed by atoms with E-state index in [-0.39, 0.29) is 23.8 Å². The van der Waals surface area contributed by atoms with E-state index in [9.17, 15) is 20.1 Å². The largest absolute Gasteiger partial charge is 0.504 e. The van der Waals surface area contributed by atoms with Crippen molar-refractivity contribution in [3.63, 3.8) is 0 Å². The molecule has 3 heterocycles. The first-order valence-corrected chi connectivity index (χ1v) is 10.6. The lowest BCUT2D eigenvalue weighted by Gasteiger charge is -2.60. The van der Waals surface area contributed by atoms with E-state index in [1.54, 1.807) is 24.3 Å². The monoisotopic (exact) mass is 416 g/mol. The molecule has 1 saturated heterocycles. The minimum atomic E-state index is -1.25. The molecule has 7 nitrogen and oxygen atoms in total. The number of aromatic hydroxyl groups is 1. The second-order valence-electron chi connectivity index (χ2n) is 9.15. The number of carboxylic acids is 1. The zero-order chi connectivity index (χ0) is 21.1. The summed E-state index contributed by atoms with van der Waals surface area (Å²) in [6.45, 7) is 0.704. The van der Waals surface area contributed by atoms with E-state index in [1.807, 2.05) is 12.1 Å².